The van der Waals surface area contributed by atoms with Crippen LogP contribution in [0, 0.1) is 17.3 Å². The van der Waals surface area contributed by atoms with Gasteiger partial charge in [0.05, 0.1) is 5.92 Å². The maximum Gasteiger partial charge on any atom is 0.307 e. The SMILES string of the molecule is CC1C(C(=O)O)C12CCCCC2. The minimum Gasteiger partial charge on any atom is -0.481 e. The van der Waals surface area contributed by atoms with E-state index in [1.807, 2.05) is 0 Å². The third-order valence-corrected chi connectivity index (χ3v) is 3.97. The van der Waals surface area contributed by atoms with Gasteiger partial charge in [0.15, 0.2) is 0 Å². The Morgan fingerprint density at radius 3 is 2.33 bits per heavy atom. The van der Waals surface area contributed by atoms with Crippen molar-refractivity contribution in [2.75, 3.05) is 0 Å². The second-order valence-electron chi connectivity index (χ2n) is 4.40. The Kier molecular flexibility index (Phi) is 1.67. The highest BCUT2D eigenvalue weighted by Crippen LogP contribution is 2.66. The number of carbonyl (C=O) groups is 1. The predicted octanol–water partition coefficient (Wildman–Crippen LogP) is 2.29. The average molecular weight is 168 g/mol. The summed E-state index contributed by atoms with van der Waals surface area (Å²) >= 11 is 0. The Morgan fingerprint density at radius 2 is 1.92 bits per heavy atom. The number of aliphatic carboxylic acids is 1. The van der Waals surface area contributed by atoms with E-state index in [0.29, 0.717) is 5.92 Å². The summed E-state index contributed by atoms with van der Waals surface area (Å²) in [6.07, 6.45) is 6.11. The Hall–Kier alpha value is -0.530. The molecule has 68 valence electrons. The second kappa shape index (κ2) is 2.48. The smallest absolute Gasteiger partial charge is 0.307 e. The summed E-state index contributed by atoms with van der Waals surface area (Å²) < 4.78 is 0. The molecule has 0 heterocycles. The zero-order valence-corrected chi connectivity index (χ0v) is 7.55. The second-order valence-corrected chi connectivity index (χ2v) is 4.40. The van der Waals surface area contributed by atoms with Gasteiger partial charge in [-0.2, -0.15) is 0 Å². The molecular formula is C10H16O2. The lowest BCUT2D eigenvalue weighted by molar-refractivity contribution is -0.139. The van der Waals surface area contributed by atoms with Gasteiger partial charge in [-0.15, -0.1) is 0 Å². The van der Waals surface area contributed by atoms with Gasteiger partial charge in [0.25, 0.3) is 0 Å². The first-order valence-corrected chi connectivity index (χ1v) is 4.91. The molecular weight excluding hydrogens is 152 g/mol. The van der Waals surface area contributed by atoms with E-state index in [9.17, 15) is 4.79 Å². The summed E-state index contributed by atoms with van der Waals surface area (Å²) in [7, 11) is 0. The maximum atomic E-state index is 10.8. The van der Waals surface area contributed by atoms with Crippen molar-refractivity contribution in [1.82, 2.24) is 0 Å². The average Bonchev–Trinajstić information content (AvgIpc) is 2.57. The zero-order valence-electron chi connectivity index (χ0n) is 7.55. The van der Waals surface area contributed by atoms with Crippen LogP contribution in [0.1, 0.15) is 39.0 Å². The van der Waals surface area contributed by atoms with Crippen LogP contribution in [-0.2, 0) is 4.79 Å². The molecule has 0 aromatic rings. The fraction of sp³-hybridized carbons (Fsp3) is 0.900. The lowest BCUT2D eigenvalue weighted by atomic mass is 9.83. The first kappa shape index (κ1) is 8.09. The molecule has 0 aromatic heterocycles. The van der Waals surface area contributed by atoms with Crippen LogP contribution in [0.2, 0.25) is 0 Å². The van der Waals surface area contributed by atoms with Gasteiger partial charge < -0.3 is 5.11 Å². The summed E-state index contributed by atoms with van der Waals surface area (Å²) in [5.41, 5.74) is 0.226. The molecule has 0 aromatic carbocycles. The Labute approximate surface area is 73.0 Å². The molecule has 2 fully saturated rings. The fourth-order valence-electron chi connectivity index (χ4n) is 3.14. The van der Waals surface area contributed by atoms with Crippen LogP contribution in [0.3, 0.4) is 0 Å². The largest absolute Gasteiger partial charge is 0.481 e. The van der Waals surface area contributed by atoms with E-state index in [4.69, 9.17) is 5.11 Å². The van der Waals surface area contributed by atoms with Crippen LogP contribution in [0.5, 0.6) is 0 Å². The van der Waals surface area contributed by atoms with Crippen LogP contribution in [0.15, 0.2) is 0 Å². The van der Waals surface area contributed by atoms with Gasteiger partial charge in [-0.25, -0.2) is 0 Å². The first-order chi connectivity index (χ1) is 5.68. The van der Waals surface area contributed by atoms with E-state index in [2.05, 4.69) is 6.92 Å². The van der Waals surface area contributed by atoms with Crippen molar-refractivity contribution in [3.8, 4) is 0 Å². The minimum atomic E-state index is -0.565. The molecule has 1 N–H and O–H groups in total. The first-order valence-electron chi connectivity index (χ1n) is 4.91. The Balaban J connectivity index is 2.08. The van der Waals surface area contributed by atoms with Crippen molar-refractivity contribution in [1.29, 1.82) is 0 Å². The number of hydrogen-bond donors (Lipinski definition) is 1. The molecule has 2 saturated carbocycles. The third kappa shape index (κ3) is 0.900. The molecule has 0 bridgehead atoms. The normalized spacial score (nSPS) is 38.1. The number of rotatable bonds is 1. The summed E-state index contributed by atoms with van der Waals surface area (Å²) in [6.45, 7) is 2.10. The lowest BCUT2D eigenvalue weighted by Crippen LogP contribution is -2.14. The topological polar surface area (TPSA) is 37.3 Å². The van der Waals surface area contributed by atoms with Crippen molar-refractivity contribution in [2.45, 2.75) is 39.0 Å². The Morgan fingerprint density at radius 1 is 1.33 bits per heavy atom. The summed E-state index contributed by atoms with van der Waals surface area (Å²) in [6, 6.07) is 0. The van der Waals surface area contributed by atoms with Gasteiger partial charge in [-0.05, 0) is 24.2 Å². The van der Waals surface area contributed by atoms with Crippen LogP contribution in [0.4, 0.5) is 0 Å². The van der Waals surface area contributed by atoms with E-state index < -0.39 is 5.97 Å². The minimum absolute atomic E-state index is 0.0159. The van der Waals surface area contributed by atoms with Crippen molar-refractivity contribution in [3.05, 3.63) is 0 Å². The maximum absolute atomic E-state index is 10.8. The number of carboxylic acids is 1. The Bertz CT molecular complexity index is 204. The molecule has 12 heavy (non-hydrogen) atoms. The monoisotopic (exact) mass is 168 g/mol. The van der Waals surface area contributed by atoms with Gasteiger partial charge in [-0.1, -0.05) is 26.2 Å². The molecule has 0 saturated heterocycles. The molecule has 2 rings (SSSR count). The fourth-order valence-corrected chi connectivity index (χ4v) is 3.14. The highest BCUT2D eigenvalue weighted by molar-refractivity contribution is 5.75. The van der Waals surface area contributed by atoms with E-state index in [1.165, 1.54) is 19.3 Å². The van der Waals surface area contributed by atoms with Crippen LogP contribution >= 0.6 is 0 Å². The standard InChI is InChI=1S/C10H16O2/c1-7-8(9(11)12)10(7)5-3-2-4-6-10/h7-8H,2-6H2,1H3,(H,11,12). The highest BCUT2D eigenvalue weighted by atomic mass is 16.4. The molecule has 2 atom stereocenters. The molecule has 2 aliphatic rings. The van der Waals surface area contributed by atoms with Crippen LogP contribution in [-0.4, -0.2) is 11.1 Å². The number of hydrogen-bond acceptors (Lipinski definition) is 1. The van der Waals surface area contributed by atoms with Gasteiger partial charge >= 0.3 is 5.97 Å². The summed E-state index contributed by atoms with van der Waals surface area (Å²) in [5.74, 6) is -0.141. The van der Waals surface area contributed by atoms with Crippen LogP contribution < -0.4 is 0 Å². The molecule has 2 aliphatic carbocycles. The molecule has 0 radical (unpaired) electrons. The van der Waals surface area contributed by atoms with Crippen LogP contribution in [0.25, 0.3) is 0 Å². The van der Waals surface area contributed by atoms with Crippen molar-refractivity contribution < 1.29 is 9.90 Å². The van der Waals surface area contributed by atoms with E-state index in [1.54, 1.807) is 0 Å². The lowest BCUT2D eigenvalue weighted by Gasteiger charge is -2.22. The van der Waals surface area contributed by atoms with Gasteiger partial charge in [0.2, 0.25) is 0 Å². The zero-order chi connectivity index (χ0) is 8.77. The predicted molar refractivity (Wildman–Crippen MR) is 45.8 cm³/mol. The molecule has 0 aliphatic heterocycles. The van der Waals surface area contributed by atoms with Gasteiger partial charge in [0, 0.05) is 0 Å². The molecule has 2 heteroatoms. The van der Waals surface area contributed by atoms with Crippen molar-refractivity contribution in [2.24, 2.45) is 17.3 Å². The third-order valence-electron chi connectivity index (χ3n) is 3.97. The summed E-state index contributed by atoms with van der Waals surface area (Å²) in [5, 5.41) is 8.94. The quantitative estimate of drug-likeness (QED) is 0.652. The van der Waals surface area contributed by atoms with Crippen molar-refractivity contribution >= 4 is 5.97 Å². The van der Waals surface area contributed by atoms with E-state index >= 15 is 0 Å². The van der Waals surface area contributed by atoms with Crippen molar-refractivity contribution in [3.63, 3.8) is 0 Å². The summed E-state index contributed by atoms with van der Waals surface area (Å²) in [4.78, 5) is 10.8. The number of carboxylic acid groups (broad SMARTS) is 1. The van der Waals surface area contributed by atoms with Gasteiger partial charge in [0.1, 0.15) is 0 Å². The molecule has 0 amide bonds. The molecule has 2 unspecified atom stereocenters. The molecule has 1 spiro atoms. The van der Waals surface area contributed by atoms with E-state index in [-0.39, 0.29) is 11.3 Å². The van der Waals surface area contributed by atoms with E-state index in [0.717, 1.165) is 12.8 Å². The van der Waals surface area contributed by atoms with Gasteiger partial charge in [-0.3, -0.25) is 4.79 Å². The highest BCUT2D eigenvalue weighted by Gasteiger charge is 2.64. The molecule has 2 nitrogen and oxygen atoms in total.